The average Bonchev–Trinajstić information content (AvgIpc) is 2.56. The predicted octanol–water partition coefficient (Wildman–Crippen LogP) is 0.915. The van der Waals surface area contributed by atoms with Gasteiger partial charge in [-0.3, -0.25) is 9.59 Å². The summed E-state index contributed by atoms with van der Waals surface area (Å²) >= 11 is 0. The lowest BCUT2D eigenvalue weighted by Gasteiger charge is -2.24. The summed E-state index contributed by atoms with van der Waals surface area (Å²) in [4.78, 5) is 24.7. The summed E-state index contributed by atoms with van der Waals surface area (Å²) in [6, 6.07) is 0. The molecule has 90 valence electrons. The number of hydrogen-bond donors (Lipinski definition) is 1. The van der Waals surface area contributed by atoms with Crippen LogP contribution in [-0.4, -0.2) is 36.3 Å². The van der Waals surface area contributed by atoms with Crippen LogP contribution >= 0.6 is 0 Å². The van der Waals surface area contributed by atoms with Gasteiger partial charge in [-0.25, -0.2) is 0 Å². The molecule has 1 aliphatic carbocycles. The number of likely N-dealkylation sites (tertiary alicyclic amines) is 1. The normalized spacial score (nSPS) is 21.0. The lowest BCUT2D eigenvalue weighted by Crippen LogP contribution is -2.36. The first-order valence-corrected chi connectivity index (χ1v) is 6.33. The molecule has 4 nitrogen and oxygen atoms in total. The minimum absolute atomic E-state index is 0.207. The maximum atomic E-state index is 11.5. The van der Waals surface area contributed by atoms with Crippen molar-refractivity contribution in [3.63, 3.8) is 0 Å². The van der Waals surface area contributed by atoms with E-state index in [2.05, 4.69) is 5.32 Å². The minimum Gasteiger partial charge on any atom is -0.356 e. The van der Waals surface area contributed by atoms with Crippen molar-refractivity contribution in [2.75, 3.05) is 19.6 Å². The maximum absolute atomic E-state index is 11.5. The molecule has 4 heteroatoms. The van der Waals surface area contributed by atoms with Crippen LogP contribution in [0, 0.1) is 5.92 Å². The van der Waals surface area contributed by atoms with Crippen molar-refractivity contribution in [2.45, 2.75) is 38.5 Å². The van der Waals surface area contributed by atoms with Crippen LogP contribution in [0.4, 0.5) is 0 Å². The van der Waals surface area contributed by atoms with Gasteiger partial charge in [0.05, 0.1) is 0 Å². The van der Waals surface area contributed by atoms with Crippen molar-refractivity contribution in [3.05, 3.63) is 0 Å². The van der Waals surface area contributed by atoms with E-state index in [1.54, 1.807) is 0 Å². The zero-order valence-electron chi connectivity index (χ0n) is 9.71. The fourth-order valence-electron chi connectivity index (χ4n) is 2.24. The van der Waals surface area contributed by atoms with Gasteiger partial charge >= 0.3 is 0 Å². The predicted molar refractivity (Wildman–Crippen MR) is 60.8 cm³/mol. The Balaban J connectivity index is 1.54. The van der Waals surface area contributed by atoms with Gasteiger partial charge in [0.25, 0.3) is 0 Å². The van der Waals surface area contributed by atoms with Crippen LogP contribution < -0.4 is 5.32 Å². The summed E-state index contributed by atoms with van der Waals surface area (Å²) in [5.74, 6) is 0.748. The molecule has 2 rings (SSSR count). The Bertz CT molecular complexity index is 274. The highest BCUT2D eigenvalue weighted by Gasteiger charge is 2.24. The fourth-order valence-corrected chi connectivity index (χ4v) is 2.24. The summed E-state index contributed by atoms with van der Waals surface area (Å²) in [6.45, 7) is 2.40. The molecule has 0 spiro atoms. The monoisotopic (exact) mass is 224 g/mol. The topological polar surface area (TPSA) is 49.4 Å². The van der Waals surface area contributed by atoms with E-state index in [-0.39, 0.29) is 17.7 Å². The van der Waals surface area contributed by atoms with Crippen LogP contribution in [0.5, 0.6) is 0 Å². The van der Waals surface area contributed by atoms with Crippen LogP contribution in [0.25, 0.3) is 0 Å². The number of carbonyl (C=O) groups is 2. The molecular weight excluding hydrogens is 204 g/mol. The second-order valence-electron chi connectivity index (χ2n) is 4.76. The molecular formula is C12H20N2O2. The molecule has 1 N–H and O–H groups in total. The number of nitrogens with zero attached hydrogens (tertiary/aromatic N) is 1. The van der Waals surface area contributed by atoms with Crippen LogP contribution in [0.3, 0.4) is 0 Å². The van der Waals surface area contributed by atoms with Gasteiger partial charge in [0.15, 0.2) is 0 Å². The summed E-state index contributed by atoms with van der Waals surface area (Å²) in [6.07, 6.45) is 5.87. The number of carbonyl (C=O) groups excluding carboxylic acids is 2. The van der Waals surface area contributed by atoms with Crippen molar-refractivity contribution in [1.82, 2.24) is 10.2 Å². The lowest BCUT2D eigenvalue weighted by molar-refractivity contribution is -0.127. The maximum Gasteiger partial charge on any atom is 0.223 e. The molecule has 2 amide bonds. The molecule has 0 bridgehead atoms. The SMILES string of the molecule is O=C(NCCCN1CCCC1=O)C1CCC1. The Hall–Kier alpha value is -1.06. The van der Waals surface area contributed by atoms with Crippen molar-refractivity contribution in [1.29, 1.82) is 0 Å². The molecule has 0 atom stereocenters. The molecule has 1 heterocycles. The summed E-state index contributed by atoms with van der Waals surface area (Å²) in [7, 11) is 0. The standard InChI is InChI=1S/C12H20N2O2/c15-11-6-2-8-14(11)9-3-7-13-12(16)10-4-1-5-10/h10H,1-9H2,(H,13,16). The zero-order chi connectivity index (χ0) is 11.4. The molecule has 0 aromatic heterocycles. The number of hydrogen-bond acceptors (Lipinski definition) is 2. The van der Waals surface area contributed by atoms with E-state index in [1.807, 2.05) is 4.90 Å². The van der Waals surface area contributed by atoms with Gasteiger partial charge in [0.2, 0.25) is 11.8 Å². The highest BCUT2D eigenvalue weighted by molar-refractivity contribution is 5.79. The van der Waals surface area contributed by atoms with E-state index in [9.17, 15) is 9.59 Å². The first-order valence-electron chi connectivity index (χ1n) is 6.33. The Morgan fingerprint density at radius 1 is 1.38 bits per heavy atom. The first-order chi connectivity index (χ1) is 7.77. The van der Waals surface area contributed by atoms with Crippen LogP contribution in [0.15, 0.2) is 0 Å². The number of rotatable bonds is 5. The third-order valence-electron chi connectivity index (χ3n) is 3.55. The molecule has 0 aromatic carbocycles. The Morgan fingerprint density at radius 3 is 2.75 bits per heavy atom. The molecule has 1 saturated carbocycles. The fraction of sp³-hybridized carbons (Fsp3) is 0.833. The third-order valence-corrected chi connectivity index (χ3v) is 3.55. The van der Waals surface area contributed by atoms with Crippen molar-refractivity contribution >= 4 is 11.8 Å². The first kappa shape index (κ1) is 11.4. The molecule has 2 aliphatic rings. The van der Waals surface area contributed by atoms with Gasteiger partial charge in [-0.2, -0.15) is 0 Å². The molecule has 1 saturated heterocycles. The molecule has 16 heavy (non-hydrogen) atoms. The minimum atomic E-state index is 0.207. The molecule has 0 unspecified atom stereocenters. The average molecular weight is 224 g/mol. The van der Waals surface area contributed by atoms with Gasteiger partial charge < -0.3 is 10.2 Å². The van der Waals surface area contributed by atoms with Gasteiger partial charge in [-0.1, -0.05) is 6.42 Å². The molecule has 0 radical (unpaired) electrons. The Labute approximate surface area is 96.4 Å². The van der Waals surface area contributed by atoms with Crippen molar-refractivity contribution < 1.29 is 9.59 Å². The lowest BCUT2D eigenvalue weighted by atomic mass is 9.85. The summed E-state index contributed by atoms with van der Waals surface area (Å²) in [5, 5.41) is 2.95. The molecule has 1 aliphatic heterocycles. The second kappa shape index (κ2) is 5.32. The third kappa shape index (κ3) is 2.74. The van der Waals surface area contributed by atoms with Gasteiger partial charge in [-0.05, 0) is 25.7 Å². The quantitative estimate of drug-likeness (QED) is 0.706. The second-order valence-corrected chi connectivity index (χ2v) is 4.76. The highest BCUT2D eigenvalue weighted by atomic mass is 16.2. The Morgan fingerprint density at radius 2 is 2.19 bits per heavy atom. The Kier molecular flexibility index (Phi) is 3.80. The molecule has 0 aromatic rings. The van der Waals surface area contributed by atoms with E-state index >= 15 is 0 Å². The van der Waals surface area contributed by atoms with E-state index in [0.717, 1.165) is 38.8 Å². The van der Waals surface area contributed by atoms with E-state index in [1.165, 1.54) is 6.42 Å². The van der Waals surface area contributed by atoms with Gasteiger partial charge in [0, 0.05) is 32.0 Å². The van der Waals surface area contributed by atoms with E-state index in [4.69, 9.17) is 0 Å². The van der Waals surface area contributed by atoms with Crippen molar-refractivity contribution in [3.8, 4) is 0 Å². The zero-order valence-corrected chi connectivity index (χ0v) is 9.71. The molecule has 2 fully saturated rings. The van der Waals surface area contributed by atoms with E-state index < -0.39 is 0 Å². The highest BCUT2D eigenvalue weighted by Crippen LogP contribution is 2.26. The van der Waals surface area contributed by atoms with Crippen molar-refractivity contribution in [2.24, 2.45) is 5.92 Å². The van der Waals surface area contributed by atoms with Crippen LogP contribution in [0.2, 0.25) is 0 Å². The van der Waals surface area contributed by atoms with Gasteiger partial charge in [-0.15, -0.1) is 0 Å². The van der Waals surface area contributed by atoms with Gasteiger partial charge in [0.1, 0.15) is 0 Å². The number of amides is 2. The summed E-state index contributed by atoms with van der Waals surface area (Å²) < 4.78 is 0. The summed E-state index contributed by atoms with van der Waals surface area (Å²) in [5.41, 5.74) is 0. The smallest absolute Gasteiger partial charge is 0.223 e. The largest absolute Gasteiger partial charge is 0.356 e. The van der Waals surface area contributed by atoms with Crippen LogP contribution in [0.1, 0.15) is 38.5 Å². The van der Waals surface area contributed by atoms with E-state index in [0.29, 0.717) is 13.0 Å². The number of nitrogens with one attached hydrogen (secondary N) is 1. The van der Waals surface area contributed by atoms with Crippen LogP contribution in [-0.2, 0) is 9.59 Å².